The molecule has 0 saturated carbocycles. The Morgan fingerprint density at radius 3 is 2.60 bits per heavy atom. The number of aryl methyl sites for hydroxylation is 3. The third-order valence-corrected chi connectivity index (χ3v) is 3.31. The largest absolute Gasteiger partial charge is 0.353 e. The van der Waals surface area contributed by atoms with Crippen molar-refractivity contribution in [2.45, 2.75) is 6.92 Å². The second kappa shape index (κ2) is 6.07. The van der Waals surface area contributed by atoms with Crippen LogP contribution in [0.25, 0.3) is 5.82 Å². The van der Waals surface area contributed by atoms with Crippen molar-refractivity contribution in [2.75, 3.05) is 5.32 Å². The summed E-state index contributed by atoms with van der Waals surface area (Å²) in [6.45, 7) is 1.79. The van der Waals surface area contributed by atoms with Crippen LogP contribution in [0, 0.1) is 6.92 Å². The summed E-state index contributed by atoms with van der Waals surface area (Å²) in [6, 6.07) is 3.27. The Hall–Kier alpha value is -3.70. The Bertz CT molecular complexity index is 1080. The monoisotopic (exact) mass is 343 g/mol. The van der Waals surface area contributed by atoms with Gasteiger partial charge in [0.15, 0.2) is 0 Å². The lowest BCUT2D eigenvalue weighted by atomic mass is 10.3. The highest BCUT2D eigenvalue weighted by atomic mass is 16.2. The van der Waals surface area contributed by atoms with Crippen LogP contribution in [-0.4, -0.2) is 45.4 Å². The number of nitrogens with one attached hydrogen (secondary N) is 1. The van der Waals surface area contributed by atoms with Gasteiger partial charge < -0.3 is 0 Å². The van der Waals surface area contributed by atoms with Crippen LogP contribution in [0.3, 0.4) is 0 Å². The molecule has 128 valence electrons. The van der Waals surface area contributed by atoms with Crippen LogP contribution >= 0.6 is 0 Å². The molecule has 0 aliphatic heterocycles. The molecule has 0 aliphatic rings. The fourth-order valence-electron chi connectivity index (χ4n) is 2.06. The topological polar surface area (TPSA) is 142 Å². The summed E-state index contributed by atoms with van der Waals surface area (Å²) in [4.78, 5) is 41.3. The predicted octanol–water partition coefficient (Wildman–Crippen LogP) is -1.59. The van der Waals surface area contributed by atoms with Gasteiger partial charge in [0.2, 0.25) is 11.6 Å². The highest BCUT2D eigenvalue weighted by molar-refractivity contribution is 6.01. The average molecular weight is 343 g/mol. The van der Waals surface area contributed by atoms with Crippen LogP contribution in [0.15, 0.2) is 27.9 Å². The number of tetrazole rings is 1. The van der Waals surface area contributed by atoms with Crippen molar-refractivity contribution < 1.29 is 4.79 Å². The number of hydrogen-bond acceptors (Lipinski definition) is 8. The fourth-order valence-corrected chi connectivity index (χ4v) is 2.06. The minimum absolute atomic E-state index is 0.0280. The van der Waals surface area contributed by atoms with Crippen molar-refractivity contribution in [3.8, 4) is 5.82 Å². The number of nitrogens with zero attached hydrogens (tertiary/aromatic N) is 8. The Morgan fingerprint density at radius 1 is 1.20 bits per heavy atom. The molecule has 0 radical (unpaired) electrons. The summed E-state index contributed by atoms with van der Waals surface area (Å²) >= 11 is 0. The van der Waals surface area contributed by atoms with Gasteiger partial charge in [-0.15, -0.1) is 0 Å². The molecule has 1 N–H and O–H groups in total. The van der Waals surface area contributed by atoms with Crippen molar-refractivity contribution in [3.05, 3.63) is 50.4 Å². The molecule has 1 amide bonds. The molecular formula is C13H13N9O3. The summed E-state index contributed by atoms with van der Waals surface area (Å²) in [5.74, 6) is -0.720. The van der Waals surface area contributed by atoms with Gasteiger partial charge in [-0.1, -0.05) is 5.10 Å². The third kappa shape index (κ3) is 2.91. The predicted molar refractivity (Wildman–Crippen MR) is 84.4 cm³/mol. The van der Waals surface area contributed by atoms with E-state index in [0.717, 1.165) is 14.8 Å². The van der Waals surface area contributed by atoms with Crippen LogP contribution in [0.2, 0.25) is 0 Å². The van der Waals surface area contributed by atoms with E-state index in [9.17, 15) is 14.4 Å². The van der Waals surface area contributed by atoms with Gasteiger partial charge in [-0.3, -0.25) is 14.9 Å². The molecule has 3 rings (SSSR count). The molecule has 0 aliphatic carbocycles. The molecule has 3 aromatic heterocycles. The highest BCUT2D eigenvalue weighted by Crippen LogP contribution is 2.03. The van der Waals surface area contributed by atoms with Gasteiger partial charge in [-0.05, 0) is 35.0 Å². The second-order valence-electron chi connectivity index (χ2n) is 5.17. The molecule has 0 saturated heterocycles. The number of carbonyl (C=O) groups is 1. The summed E-state index contributed by atoms with van der Waals surface area (Å²) in [5, 5.41) is 16.6. The zero-order valence-corrected chi connectivity index (χ0v) is 13.5. The Balaban J connectivity index is 2.13. The summed E-state index contributed by atoms with van der Waals surface area (Å²) < 4.78 is 2.87. The lowest BCUT2D eigenvalue weighted by molar-refractivity contribution is 0.101. The van der Waals surface area contributed by atoms with Crippen molar-refractivity contribution >= 4 is 11.9 Å². The second-order valence-corrected chi connectivity index (χ2v) is 5.17. The number of hydrogen-bond donors (Lipinski definition) is 1. The normalized spacial score (nSPS) is 10.7. The number of amides is 1. The SMILES string of the molecule is Cc1ccnc(-n2c(=O)c(C(=O)Nc3nnnn3C)nn(C)c2=O)c1. The van der Waals surface area contributed by atoms with Crippen LogP contribution in [0.4, 0.5) is 5.95 Å². The van der Waals surface area contributed by atoms with Crippen molar-refractivity contribution in [1.82, 2.24) is 39.5 Å². The maximum atomic E-state index is 12.6. The molecule has 0 spiro atoms. The number of carbonyl (C=O) groups excluding carboxylic acids is 1. The zero-order chi connectivity index (χ0) is 18.1. The molecule has 0 fully saturated rings. The van der Waals surface area contributed by atoms with Gasteiger partial charge >= 0.3 is 5.69 Å². The summed E-state index contributed by atoms with van der Waals surface area (Å²) in [7, 11) is 2.84. The third-order valence-electron chi connectivity index (χ3n) is 3.31. The lowest BCUT2D eigenvalue weighted by Gasteiger charge is -2.09. The van der Waals surface area contributed by atoms with E-state index in [0.29, 0.717) is 0 Å². The number of anilines is 1. The van der Waals surface area contributed by atoms with Gasteiger partial charge in [-0.25, -0.2) is 23.7 Å². The van der Waals surface area contributed by atoms with E-state index in [1.165, 1.54) is 25.0 Å². The van der Waals surface area contributed by atoms with Crippen LogP contribution in [0.1, 0.15) is 16.1 Å². The molecule has 0 atom stereocenters. The molecule has 3 aromatic rings. The van der Waals surface area contributed by atoms with Crippen molar-refractivity contribution in [3.63, 3.8) is 0 Å². The standard InChI is InChI=1S/C13H13N9O3/c1-7-4-5-14-8(6-7)22-11(24)9(17-21(3)13(22)25)10(23)15-12-16-18-19-20(12)2/h4-6H,1-3H3,(H,15,16,19,23). The summed E-state index contributed by atoms with van der Waals surface area (Å²) in [5.41, 5.74) is -1.31. The van der Waals surface area contributed by atoms with Gasteiger partial charge in [0.25, 0.3) is 11.5 Å². The van der Waals surface area contributed by atoms with Crippen LogP contribution in [-0.2, 0) is 14.1 Å². The number of pyridine rings is 1. The first-order chi connectivity index (χ1) is 11.9. The average Bonchev–Trinajstić information content (AvgIpc) is 2.96. The molecule has 25 heavy (non-hydrogen) atoms. The van der Waals surface area contributed by atoms with Crippen LogP contribution < -0.4 is 16.6 Å². The van der Waals surface area contributed by atoms with Gasteiger partial charge in [0.1, 0.15) is 5.82 Å². The number of rotatable bonds is 3. The van der Waals surface area contributed by atoms with E-state index in [1.54, 1.807) is 19.1 Å². The van der Waals surface area contributed by atoms with Gasteiger partial charge in [-0.2, -0.15) is 5.10 Å². The number of aromatic nitrogens is 8. The van der Waals surface area contributed by atoms with E-state index in [1.807, 2.05) is 0 Å². The Kier molecular flexibility index (Phi) is 3.92. The van der Waals surface area contributed by atoms with Crippen LogP contribution in [0.5, 0.6) is 0 Å². The Labute approximate surface area is 139 Å². The maximum Gasteiger partial charge on any atom is 0.353 e. The van der Waals surface area contributed by atoms with E-state index < -0.39 is 22.9 Å². The van der Waals surface area contributed by atoms with E-state index in [2.05, 4.69) is 30.9 Å². The van der Waals surface area contributed by atoms with Gasteiger partial charge in [0.05, 0.1) is 0 Å². The quantitative estimate of drug-likeness (QED) is 0.600. The maximum absolute atomic E-state index is 12.6. The molecule has 3 heterocycles. The molecule has 12 nitrogen and oxygen atoms in total. The van der Waals surface area contributed by atoms with Crippen molar-refractivity contribution in [2.24, 2.45) is 14.1 Å². The molecule has 0 bridgehead atoms. The fraction of sp³-hybridized carbons (Fsp3) is 0.231. The van der Waals surface area contributed by atoms with E-state index >= 15 is 0 Å². The molecule has 0 unspecified atom stereocenters. The minimum atomic E-state index is -0.895. The zero-order valence-electron chi connectivity index (χ0n) is 13.5. The first-order valence-corrected chi connectivity index (χ1v) is 7.05. The first kappa shape index (κ1) is 16.2. The van der Waals surface area contributed by atoms with Crippen molar-refractivity contribution in [1.29, 1.82) is 0 Å². The van der Waals surface area contributed by atoms with E-state index in [4.69, 9.17) is 0 Å². The minimum Gasteiger partial charge on any atom is -0.288 e. The lowest BCUT2D eigenvalue weighted by Crippen LogP contribution is -2.44. The molecular weight excluding hydrogens is 330 g/mol. The first-order valence-electron chi connectivity index (χ1n) is 7.05. The van der Waals surface area contributed by atoms with E-state index in [-0.39, 0.29) is 11.8 Å². The molecule has 12 heteroatoms. The molecule has 0 aromatic carbocycles. The summed E-state index contributed by atoms with van der Waals surface area (Å²) in [6.07, 6.45) is 1.46. The smallest absolute Gasteiger partial charge is 0.288 e. The highest BCUT2D eigenvalue weighted by Gasteiger charge is 2.21. The Morgan fingerprint density at radius 2 is 1.96 bits per heavy atom. The van der Waals surface area contributed by atoms with Gasteiger partial charge in [0, 0.05) is 20.3 Å².